The molecule has 0 aromatic carbocycles. The Bertz CT molecular complexity index is 595. The summed E-state index contributed by atoms with van der Waals surface area (Å²) in [6.07, 6.45) is -2.34. The summed E-state index contributed by atoms with van der Waals surface area (Å²) in [5, 5.41) is 6.14. The van der Waals surface area contributed by atoms with Gasteiger partial charge < -0.3 is 14.7 Å². The van der Waals surface area contributed by atoms with E-state index in [-0.39, 0.29) is 5.82 Å². The third-order valence-electron chi connectivity index (χ3n) is 3.17. The molecular formula is C13H14F3N3O3. The Labute approximate surface area is 123 Å². The molecule has 1 saturated heterocycles. The van der Waals surface area contributed by atoms with Gasteiger partial charge in [-0.15, -0.1) is 0 Å². The summed E-state index contributed by atoms with van der Waals surface area (Å²) in [5.74, 6) is -1.60. The lowest BCUT2D eigenvalue weighted by atomic mass is 10.2. The molecule has 0 spiro atoms. The average Bonchev–Trinajstić information content (AvgIpc) is 3.03. The average molecular weight is 317 g/mol. The van der Waals surface area contributed by atoms with Gasteiger partial charge >= 0.3 is 6.18 Å². The lowest BCUT2D eigenvalue weighted by molar-refractivity contribution is -0.165. The number of anilines is 1. The minimum Gasteiger partial charge on any atom is -0.365 e. The lowest BCUT2D eigenvalue weighted by Gasteiger charge is -2.21. The van der Waals surface area contributed by atoms with Crippen LogP contribution in [0.25, 0.3) is 0 Å². The molecule has 2 heterocycles. The first-order valence-corrected chi connectivity index (χ1v) is 6.56. The molecule has 2 rings (SSSR count). The Morgan fingerprint density at radius 1 is 1.50 bits per heavy atom. The standard InChI is InChI=1S/C13H14F3N3O3/c1-8-7-11(18-22-8)17-12(21)9-3-2-5-19(9)6-4-10(20)13(14,15)16/h4,6-7,9H,2-3,5H2,1H3,(H,17,18,21). The first-order chi connectivity index (χ1) is 10.3. The van der Waals surface area contributed by atoms with E-state index in [0.717, 1.165) is 6.20 Å². The van der Waals surface area contributed by atoms with Crippen LogP contribution in [0.1, 0.15) is 18.6 Å². The highest BCUT2D eigenvalue weighted by atomic mass is 19.4. The molecule has 1 N–H and O–H groups in total. The van der Waals surface area contributed by atoms with E-state index in [1.807, 2.05) is 0 Å². The second kappa shape index (κ2) is 6.20. The molecular weight excluding hydrogens is 303 g/mol. The fourth-order valence-corrected chi connectivity index (χ4v) is 2.14. The van der Waals surface area contributed by atoms with Crippen molar-refractivity contribution < 1.29 is 27.3 Å². The van der Waals surface area contributed by atoms with Crippen molar-refractivity contribution in [2.75, 3.05) is 11.9 Å². The topological polar surface area (TPSA) is 75.4 Å². The number of rotatable bonds is 4. The number of likely N-dealkylation sites (tertiary alicyclic amines) is 1. The Morgan fingerprint density at radius 2 is 2.23 bits per heavy atom. The van der Waals surface area contributed by atoms with Crippen LogP contribution in [0.3, 0.4) is 0 Å². The second-order valence-electron chi connectivity index (χ2n) is 4.89. The van der Waals surface area contributed by atoms with Crippen molar-refractivity contribution >= 4 is 17.5 Å². The Balaban J connectivity index is 1.99. The van der Waals surface area contributed by atoms with E-state index in [0.29, 0.717) is 31.2 Å². The first-order valence-electron chi connectivity index (χ1n) is 6.56. The SMILES string of the molecule is Cc1cc(NC(=O)C2CCCN2C=CC(=O)C(F)(F)F)no1. The fraction of sp³-hybridized carbons (Fsp3) is 0.462. The Morgan fingerprint density at radius 3 is 2.82 bits per heavy atom. The molecule has 1 fully saturated rings. The number of aromatic nitrogens is 1. The van der Waals surface area contributed by atoms with Crippen molar-refractivity contribution in [3.63, 3.8) is 0 Å². The maximum Gasteiger partial charge on any atom is 0.454 e. The van der Waals surface area contributed by atoms with Gasteiger partial charge in [0, 0.05) is 24.9 Å². The van der Waals surface area contributed by atoms with E-state index in [1.54, 1.807) is 6.92 Å². The number of carbonyl (C=O) groups is 2. The molecule has 120 valence electrons. The smallest absolute Gasteiger partial charge is 0.365 e. The minimum atomic E-state index is -4.91. The van der Waals surface area contributed by atoms with Gasteiger partial charge in [0.05, 0.1) is 0 Å². The van der Waals surface area contributed by atoms with Gasteiger partial charge in [-0.2, -0.15) is 13.2 Å². The summed E-state index contributed by atoms with van der Waals surface area (Å²) in [7, 11) is 0. The van der Waals surface area contributed by atoms with Gasteiger partial charge in [0.1, 0.15) is 11.8 Å². The fourth-order valence-electron chi connectivity index (χ4n) is 2.14. The van der Waals surface area contributed by atoms with Gasteiger partial charge in [-0.1, -0.05) is 5.16 Å². The van der Waals surface area contributed by atoms with Crippen molar-refractivity contribution in [1.82, 2.24) is 10.1 Å². The second-order valence-corrected chi connectivity index (χ2v) is 4.89. The number of nitrogens with one attached hydrogen (secondary N) is 1. The van der Waals surface area contributed by atoms with Crippen LogP contribution in [0.2, 0.25) is 0 Å². The predicted octanol–water partition coefficient (Wildman–Crippen LogP) is 2.03. The van der Waals surface area contributed by atoms with E-state index in [2.05, 4.69) is 10.5 Å². The van der Waals surface area contributed by atoms with Crippen LogP contribution in [0.5, 0.6) is 0 Å². The van der Waals surface area contributed by atoms with Crippen molar-refractivity contribution in [3.05, 3.63) is 24.1 Å². The monoisotopic (exact) mass is 317 g/mol. The van der Waals surface area contributed by atoms with Crippen molar-refractivity contribution in [2.24, 2.45) is 0 Å². The molecule has 1 unspecified atom stereocenters. The van der Waals surface area contributed by atoms with Crippen molar-refractivity contribution in [1.29, 1.82) is 0 Å². The van der Waals surface area contributed by atoms with E-state index < -0.39 is 23.9 Å². The van der Waals surface area contributed by atoms with Crippen molar-refractivity contribution in [2.45, 2.75) is 32.0 Å². The molecule has 6 nitrogen and oxygen atoms in total. The number of aryl methyl sites for hydroxylation is 1. The van der Waals surface area contributed by atoms with Gasteiger partial charge in [0.2, 0.25) is 5.91 Å². The zero-order chi connectivity index (χ0) is 16.3. The van der Waals surface area contributed by atoms with Crippen molar-refractivity contribution in [3.8, 4) is 0 Å². The number of halogens is 3. The maximum absolute atomic E-state index is 12.2. The number of ketones is 1. The van der Waals surface area contributed by atoms with Crippen LogP contribution in [0.4, 0.5) is 19.0 Å². The molecule has 1 amide bonds. The van der Waals surface area contributed by atoms with Gasteiger partial charge in [0.25, 0.3) is 5.78 Å². The maximum atomic E-state index is 12.2. The molecule has 1 aliphatic rings. The normalized spacial score (nSPS) is 18.9. The third-order valence-corrected chi connectivity index (χ3v) is 3.17. The van der Waals surface area contributed by atoms with Crippen LogP contribution in [-0.4, -0.2) is 40.5 Å². The highest BCUT2D eigenvalue weighted by Gasteiger charge is 2.37. The molecule has 22 heavy (non-hydrogen) atoms. The van der Waals surface area contributed by atoms with Crippen LogP contribution >= 0.6 is 0 Å². The number of hydrogen-bond donors (Lipinski definition) is 1. The van der Waals surface area contributed by atoms with Crippen LogP contribution < -0.4 is 5.32 Å². The molecule has 0 radical (unpaired) electrons. The largest absolute Gasteiger partial charge is 0.454 e. The molecule has 9 heteroatoms. The minimum absolute atomic E-state index is 0.240. The predicted molar refractivity (Wildman–Crippen MR) is 69.8 cm³/mol. The van der Waals surface area contributed by atoms with Crippen LogP contribution in [0.15, 0.2) is 22.9 Å². The molecule has 0 aliphatic carbocycles. The molecule has 1 aromatic heterocycles. The highest BCUT2D eigenvalue weighted by molar-refractivity contribution is 5.95. The van der Waals surface area contributed by atoms with Gasteiger partial charge in [-0.3, -0.25) is 9.59 Å². The number of allylic oxidation sites excluding steroid dienone is 1. The quantitative estimate of drug-likeness (QED) is 0.860. The molecule has 1 aliphatic heterocycles. The summed E-state index contributed by atoms with van der Waals surface area (Å²) < 4.78 is 41.3. The summed E-state index contributed by atoms with van der Waals surface area (Å²) >= 11 is 0. The number of alkyl halides is 3. The van der Waals surface area contributed by atoms with Crippen LogP contribution in [-0.2, 0) is 9.59 Å². The lowest BCUT2D eigenvalue weighted by Crippen LogP contribution is -2.37. The molecule has 1 aromatic rings. The first kappa shape index (κ1) is 16.1. The summed E-state index contributed by atoms with van der Waals surface area (Å²) in [6, 6.07) is 0.884. The Hall–Kier alpha value is -2.32. The van der Waals surface area contributed by atoms with Gasteiger partial charge in [0.15, 0.2) is 5.82 Å². The Kier molecular flexibility index (Phi) is 4.53. The number of carbonyl (C=O) groups excluding carboxylic acids is 2. The van der Waals surface area contributed by atoms with E-state index >= 15 is 0 Å². The number of nitrogens with zero attached hydrogens (tertiary/aromatic N) is 2. The molecule has 0 bridgehead atoms. The van der Waals surface area contributed by atoms with E-state index in [1.165, 1.54) is 11.0 Å². The summed E-state index contributed by atoms with van der Waals surface area (Å²) in [6.45, 7) is 2.06. The zero-order valence-electron chi connectivity index (χ0n) is 11.7. The summed E-state index contributed by atoms with van der Waals surface area (Å²) in [4.78, 5) is 24.3. The van der Waals surface area contributed by atoms with Gasteiger partial charge in [-0.25, -0.2) is 0 Å². The molecule has 1 atom stereocenters. The number of hydrogen-bond acceptors (Lipinski definition) is 5. The third kappa shape index (κ3) is 3.86. The van der Waals surface area contributed by atoms with Gasteiger partial charge in [-0.05, 0) is 19.8 Å². The summed E-state index contributed by atoms with van der Waals surface area (Å²) in [5.41, 5.74) is 0. The zero-order valence-corrected chi connectivity index (χ0v) is 11.7. The van der Waals surface area contributed by atoms with Crippen LogP contribution in [0, 0.1) is 6.92 Å². The number of amides is 1. The van der Waals surface area contributed by atoms with E-state index in [9.17, 15) is 22.8 Å². The highest BCUT2D eigenvalue weighted by Crippen LogP contribution is 2.21. The molecule has 0 saturated carbocycles. The van der Waals surface area contributed by atoms with E-state index in [4.69, 9.17) is 4.52 Å².